The predicted molar refractivity (Wildman–Crippen MR) is 419 cm³/mol. The summed E-state index contributed by atoms with van der Waals surface area (Å²) in [5.74, 6) is 0.259. The summed E-state index contributed by atoms with van der Waals surface area (Å²) in [6, 6.07) is 0. The van der Waals surface area contributed by atoms with Crippen molar-refractivity contribution < 1.29 is 55.1 Å². The topological polar surface area (TPSA) is 239 Å². The number of aliphatic hydroxyl groups is 1. The van der Waals surface area contributed by atoms with Crippen LogP contribution in [0.15, 0.2) is 0 Å². The highest BCUT2D eigenvalue weighted by atomic mass is 16.5. The fourth-order valence-corrected chi connectivity index (χ4v) is 17.7. The van der Waals surface area contributed by atoms with E-state index in [2.05, 4.69) is 152 Å². The van der Waals surface area contributed by atoms with E-state index < -0.39 is 49.9 Å². The number of carbonyl (C=O) groups is 5. The molecule has 0 aliphatic carbocycles. The monoisotopic (exact) mass is 1470 g/mol. The first-order chi connectivity index (χ1) is 46.8. The van der Waals surface area contributed by atoms with Crippen LogP contribution in [0.1, 0.15) is 370 Å². The molecule has 21 heteroatoms. The van der Waals surface area contributed by atoms with Crippen molar-refractivity contribution in [3.63, 3.8) is 0 Å². The zero-order valence-electron chi connectivity index (χ0n) is 73.0. The molecule has 0 saturated carbocycles. The molecule has 0 radical (unpaired) electrons. The van der Waals surface area contributed by atoms with E-state index in [0.29, 0.717) is 90.6 Å². The Morgan fingerprint density at radius 1 is 0.320 bits per heavy atom. The van der Waals surface area contributed by atoms with E-state index >= 15 is 0 Å². The van der Waals surface area contributed by atoms with Gasteiger partial charge in [0.15, 0.2) is 0 Å². The highest BCUT2D eigenvalue weighted by Gasteiger charge is 2.62. The molecule has 0 bridgehead atoms. The normalized spacial score (nSPS) is 22.9. The molecule has 5 rings (SSSR count). The number of unbranched alkanes of at least 4 members (excludes halogenated alkanes) is 2. The average molecular weight is 1470 g/mol. The highest BCUT2D eigenvalue weighted by Crippen LogP contribution is 2.47. The van der Waals surface area contributed by atoms with Crippen molar-refractivity contribution in [1.82, 2.24) is 49.8 Å². The molecular formula is C82H164N10O11. The molecule has 103 heavy (non-hydrogen) atoms. The Labute approximate surface area is 630 Å². The van der Waals surface area contributed by atoms with Gasteiger partial charge in [0.25, 0.3) is 0 Å². The van der Waals surface area contributed by atoms with Gasteiger partial charge in [-0.3, -0.25) is 24.0 Å². The van der Waals surface area contributed by atoms with E-state index in [1.54, 1.807) is 4.90 Å². The molecule has 21 nitrogen and oxygen atoms in total. The van der Waals surface area contributed by atoms with Gasteiger partial charge in [0.2, 0.25) is 29.5 Å². The Balaban J connectivity index is 0.000000646. The molecule has 5 saturated heterocycles. The van der Waals surface area contributed by atoms with Gasteiger partial charge in [-0.05, 0) is 220 Å². The lowest BCUT2D eigenvalue weighted by Gasteiger charge is -2.59. The van der Waals surface area contributed by atoms with Gasteiger partial charge in [-0.1, -0.05) is 155 Å². The van der Waals surface area contributed by atoms with Crippen LogP contribution < -0.4 is 0 Å². The number of amides is 5. The van der Waals surface area contributed by atoms with Gasteiger partial charge in [0, 0.05) is 61.4 Å². The number of aliphatic hydroxyl groups excluding tert-OH is 1. The maximum Gasteiger partial charge on any atom is 0.245 e. The minimum Gasteiger partial charge on any atom is -0.395 e. The molecule has 5 heterocycles. The number of hydrogen-bond acceptors (Lipinski definition) is 16. The molecule has 0 aromatic rings. The van der Waals surface area contributed by atoms with Crippen LogP contribution in [0.5, 0.6) is 0 Å². The van der Waals surface area contributed by atoms with Crippen molar-refractivity contribution in [1.29, 1.82) is 0 Å². The van der Waals surface area contributed by atoms with Crippen LogP contribution in [0, 0.1) is 5.41 Å². The predicted octanol–water partition coefficient (Wildman–Crippen LogP) is 16.8. The summed E-state index contributed by atoms with van der Waals surface area (Å²) in [7, 11) is 0. The Bertz CT molecular complexity index is 2630. The third-order valence-electron chi connectivity index (χ3n) is 23.4. The minimum atomic E-state index is -0.850. The van der Waals surface area contributed by atoms with Gasteiger partial charge < -0.3 is 55.6 Å². The second kappa shape index (κ2) is 37.1. The zero-order valence-corrected chi connectivity index (χ0v) is 73.0. The SMILES string of the molecule is CCC1(CC)C(=O)N(C(C)(C)CC(C)(C)C)CC(C)(C)N1O.CCC1(CC)C(=O)N(CCO)CC(C)(C)N1O.CCCC1(CCC)C(=O)N(C(C)(C)C)CC(C)(C)N1O.CCCC1(CCC)C(=O)N(C(C)(C)C)CC(CC)(CC)N1O.CCCCC1(CCCC)C(=O)N(C(C)(C)C)CC(C)(C)N1O. The van der Waals surface area contributed by atoms with E-state index in [1.807, 2.05) is 103 Å². The van der Waals surface area contributed by atoms with E-state index in [9.17, 15) is 50.0 Å². The van der Waals surface area contributed by atoms with Crippen LogP contribution >= 0.6 is 0 Å². The molecule has 0 unspecified atom stereocenters. The number of rotatable bonds is 24. The van der Waals surface area contributed by atoms with Gasteiger partial charge in [-0.2, -0.15) is 25.3 Å². The van der Waals surface area contributed by atoms with Crippen LogP contribution in [0.3, 0.4) is 0 Å². The standard InChI is InChI=1S/3C18H36N2O2.C16H32N2O2.C12H24N2O3/c1-10-18(11-2)14(21)19(13-17(8,9)20(18)22)16(6,7)12-15(3,4)5;1-8-10-12-18(13-11-9-2)15(21)19(16(3,4)5)14-17(6,7)20(18)22;1-8-12-18(13-9-2)15(21)19(16(5,6)7)14-17(10-3,11-4)20(18)22;1-8-10-16(11-9-2)13(19)17(14(3,4)5)12-15(6,7)18(16)20;1-5-12(6-2)10(16)13(7-8-15)9-11(3,4)14(12)17/h22H,10-13H2,1-9H3;2*22H,8-14H2,1-7H3;20H,8-12H2,1-7H3;15,17H,5-9H2,1-4H3. The first-order valence-corrected chi connectivity index (χ1v) is 40.4. The van der Waals surface area contributed by atoms with Crippen molar-refractivity contribution >= 4 is 29.5 Å². The molecule has 0 aromatic carbocycles. The number of carbonyl (C=O) groups excluding carboxylic acids is 5. The lowest BCUT2D eigenvalue weighted by Crippen LogP contribution is -2.76. The third-order valence-corrected chi connectivity index (χ3v) is 23.4. The summed E-state index contributed by atoms with van der Waals surface area (Å²) in [5, 5.41) is 69.7. The molecular weight excluding hydrogens is 1300 g/mol. The molecule has 5 aliphatic heterocycles. The Morgan fingerprint density at radius 2 is 0.583 bits per heavy atom. The van der Waals surface area contributed by atoms with Crippen LogP contribution in [-0.2, 0) is 24.0 Å². The maximum absolute atomic E-state index is 13.3. The van der Waals surface area contributed by atoms with Crippen molar-refractivity contribution in [2.24, 2.45) is 5.41 Å². The average Bonchev–Trinajstić information content (AvgIpc) is 0.761. The molecule has 5 amide bonds. The summed E-state index contributed by atoms with van der Waals surface area (Å²) in [6.07, 6.45) is 16.8. The molecule has 6 N–H and O–H groups in total. The summed E-state index contributed by atoms with van der Waals surface area (Å²) < 4.78 is 0. The van der Waals surface area contributed by atoms with Crippen LogP contribution in [0.2, 0.25) is 0 Å². The highest BCUT2D eigenvalue weighted by molar-refractivity contribution is 5.90. The Kier molecular flexibility index (Phi) is 35.3. The fourth-order valence-electron chi connectivity index (χ4n) is 17.7. The van der Waals surface area contributed by atoms with Crippen molar-refractivity contribution in [3.8, 4) is 0 Å². The smallest absolute Gasteiger partial charge is 0.245 e. The van der Waals surface area contributed by atoms with E-state index in [4.69, 9.17) is 5.11 Å². The third kappa shape index (κ3) is 21.3. The quantitative estimate of drug-likeness (QED) is 0.0527. The second-order valence-corrected chi connectivity index (χ2v) is 38.6. The first-order valence-electron chi connectivity index (χ1n) is 40.4. The van der Waals surface area contributed by atoms with Gasteiger partial charge in [0.05, 0.1) is 34.3 Å². The van der Waals surface area contributed by atoms with Crippen LogP contribution in [0.25, 0.3) is 0 Å². The lowest BCUT2D eigenvalue weighted by atomic mass is 9.75. The van der Waals surface area contributed by atoms with E-state index in [1.165, 1.54) is 25.3 Å². The van der Waals surface area contributed by atoms with Gasteiger partial charge >= 0.3 is 0 Å². The van der Waals surface area contributed by atoms with Gasteiger partial charge in [0.1, 0.15) is 27.7 Å². The Morgan fingerprint density at radius 3 is 0.854 bits per heavy atom. The van der Waals surface area contributed by atoms with Crippen LogP contribution in [0.4, 0.5) is 0 Å². The van der Waals surface area contributed by atoms with Gasteiger partial charge in [-0.15, -0.1) is 0 Å². The molecule has 0 spiro atoms. The largest absolute Gasteiger partial charge is 0.395 e. The van der Waals surface area contributed by atoms with Crippen LogP contribution in [-0.4, -0.2) is 234 Å². The van der Waals surface area contributed by atoms with Gasteiger partial charge in [-0.25, -0.2) is 0 Å². The second-order valence-electron chi connectivity index (χ2n) is 38.6. The Hall–Kier alpha value is -3.09. The number of hydroxylamine groups is 10. The van der Waals surface area contributed by atoms with Crippen molar-refractivity contribution in [2.45, 2.75) is 448 Å². The van der Waals surface area contributed by atoms with Crippen molar-refractivity contribution in [2.75, 3.05) is 45.9 Å². The van der Waals surface area contributed by atoms with E-state index in [-0.39, 0.29) is 69.3 Å². The first kappa shape index (κ1) is 97.9. The summed E-state index contributed by atoms with van der Waals surface area (Å²) in [6.45, 7) is 73.2. The summed E-state index contributed by atoms with van der Waals surface area (Å²) in [5.41, 5.74) is -6.84. The molecule has 5 fully saturated rings. The number of nitrogens with zero attached hydrogens (tertiary/aromatic N) is 10. The number of piperazine rings is 5. The molecule has 0 atom stereocenters. The molecule has 0 aromatic heterocycles. The number of hydrogen-bond donors (Lipinski definition) is 6. The maximum atomic E-state index is 13.3. The fraction of sp³-hybridized carbons (Fsp3) is 0.939. The molecule has 5 aliphatic rings. The summed E-state index contributed by atoms with van der Waals surface area (Å²) >= 11 is 0. The van der Waals surface area contributed by atoms with E-state index in [0.717, 1.165) is 83.5 Å². The lowest BCUT2D eigenvalue weighted by molar-refractivity contribution is -0.273. The zero-order chi connectivity index (χ0) is 81.0. The molecule has 608 valence electrons. The van der Waals surface area contributed by atoms with Crippen molar-refractivity contribution in [3.05, 3.63) is 0 Å². The number of β-amino-alcohol motifs (C(OH)–C–C–N with tert-alkyl or cyclic N) is 1. The minimum absolute atomic E-state index is 0.0449. The summed E-state index contributed by atoms with van der Waals surface area (Å²) in [4.78, 5) is 75.0.